The summed E-state index contributed by atoms with van der Waals surface area (Å²) in [6.07, 6.45) is 0.937. The highest BCUT2D eigenvalue weighted by molar-refractivity contribution is 7.89. The van der Waals surface area contributed by atoms with Crippen LogP contribution in [0.1, 0.15) is 18.4 Å². The summed E-state index contributed by atoms with van der Waals surface area (Å²) in [5.74, 6) is -0.385. The lowest BCUT2D eigenvalue weighted by Gasteiger charge is -2.23. The second kappa shape index (κ2) is 8.18. The standard InChI is InChI=1S/C19H21N3O6S/c1-13-5-8-15(9-6-13)29(26,27)21-11-3-4-17(21)19(23)20-16-10-7-14(22(24)25)12-18(16)28-2/h5-10,12,17H,3-4,11H2,1-2H3,(H,20,23). The number of aryl methyl sites for hydroxylation is 1. The van der Waals surface area contributed by atoms with Crippen molar-refractivity contribution >= 4 is 27.3 Å². The highest BCUT2D eigenvalue weighted by Gasteiger charge is 2.39. The van der Waals surface area contributed by atoms with Gasteiger partial charge in [-0.3, -0.25) is 14.9 Å². The first-order valence-electron chi connectivity index (χ1n) is 8.96. The van der Waals surface area contributed by atoms with Crippen molar-refractivity contribution < 1.29 is 22.9 Å². The minimum atomic E-state index is -3.82. The molecule has 0 bridgehead atoms. The molecule has 1 fully saturated rings. The minimum Gasteiger partial charge on any atom is -0.494 e. The molecule has 2 aromatic rings. The van der Waals surface area contributed by atoms with Crippen molar-refractivity contribution in [2.24, 2.45) is 0 Å². The van der Waals surface area contributed by atoms with Crippen molar-refractivity contribution in [3.05, 3.63) is 58.1 Å². The topological polar surface area (TPSA) is 119 Å². The molecule has 1 N–H and O–H groups in total. The number of methoxy groups -OCH3 is 1. The summed E-state index contributed by atoms with van der Waals surface area (Å²) in [7, 11) is -2.49. The summed E-state index contributed by atoms with van der Waals surface area (Å²) in [4.78, 5) is 23.3. The SMILES string of the molecule is COc1cc([N+](=O)[O-])ccc1NC(=O)C1CCCN1S(=O)(=O)c1ccc(C)cc1. The molecular weight excluding hydrogens is 398 g/mol. The van der Waals surface area contributed by atoms with Crippen molar-refractivity contribution in [3.63, 3.8) is 0 Å². The summed E-state index contributed by atoms with van der Waals surface area (Å²) >= 11 is 0. The zero-order valence-corrected chi connectivity index (χ0v) is 16.8. The molecule has 10 heteroatoms. The molecule has 9 nitrogen and oxygen atoms in total. The molecule has 1 atom stereocenters. The van der Waals surface area contributed by atoms with Crippen LogP contribution in [0.2, 0.25) is 0 Å². The van der Waals surface area contributed by atoms with Gasteiger partial charge in [-0.2, -0.15) is 4.31 Å². The fourth-order valence-electron chi connectivity index (χ4n) is 3.25. The van der Waals surface area contributed by atoms with Crippen molar-refractivity contribution in [1.29, 1.82) is 0 Å². The number of carbonyl (C=O) groups excluding carboxylic acids is 1. The lowest BCUT2D eigenvalue weighted by Crippen LogP contribution is -2.43. The maximum Gasteiger partial charge on any atom is 0.273 e. The molecule has 1 aliphatic rings. The number of non-ortho nitro benzene ring substituents is 1. The van der Waals surface area contributed by atoms with E-state index in [0.717, 1.165) is 5.56 Å². The number of benzene rings is 2. The van der Waals surface area contributed by atoms with Gasteiger partial charge < -0.3 is 10.1 Å². The van der Waals surface area contributed by atoms with Crippen LogP contribution in [0.5, 0.6) is 5.75 Å². The first-order valence-corrected chi connectivity index (χ1v) is 10.4. The fourth-order valence-corrected chi connectivity index (χ4v) is 4.90. The van der Waals surface area contributed by atoms with Crippen LogP contribution in [0.15, 0.2) is 47.4 Å². The molecule has 3 rings (SSSR count). The first kappa shape index (κ1) is 20.7. The molecule has 0 saturated carbocycles. The number of carbonyl (C=O) groups is 1. The lowest BCUT2D eigenvalue weighted by molar-refractivity contribution is -0.384. The Balaban J connectivity index is 1.84. The van der Waals surface area contributed by atoms with Crippen LogP contribution in [0.25, 0.3) is 0 Å². The number of nitro groups is 1. The van der Waals surface area contributed by atoms with E-state index in [1.807, 2.05) is 6.92 Å². The molecule has 0 spiro atoms. The number of rotatable bonds is 6. The third kappa shape index (κ3) is 4.22. The van der Waals surface area contributed by atoms with Gasteiger partial charge in [0.2, 0.25) is 15.9 Å². The van der Waals surface area contributed by atoms with Crippen LogP contribution in [0.3, 0.4) is 0 Å². The maximum atomic E-state index is 13.0. The number of amides is 1. The summed E-state index contributed by atoms with van der Waals surface area (Å²) < 4.78 is 32.3. The number of anilines is 1. The van der Waals surface area contributed by atoms with E-state index in [-0.39, 0.29) is 28.6 Å². The van der Waals surface area contributed by atoms with Gasteiger partial charge in [-0.1, -0.05) is 17.7 Å². The van der Waals surface area contributed by atoms with Gasteiger partial charge in [-0.05, 0) is 38.0 Å². The van der Waals surface area contributed by atoms with Gasteiger partial charge in [0.1, 0.15) is 11.8 Å². The highest BCUT2D eigenvalue weighted by atomic mass is 32.2. The molecule has 1 saturated heterocycles. The van der Waals surface area contributed by atoms with Crippen LogP contribution in [0.4, 0.5) is 11.4 Å². The molecular formula is C19H21N3O6S. The Labute approximate surface area is 168 Å². The normalized spacial score (nSPS) is 17.1. The molecule has 0 aromatic heterocycles. The van der Waals surface area contributed by atoms with E-state index in [1.54, 1.807) is 12.1 Å². The number of sulfonamides is 1. The molecule has 1 aliphatic heterocycles. The van der Waals surface area contributed by atoms with E-state index in [2.05, 4.69) is 5.32 Å². The van der Waals surface area contributed by atoms with Crippen molar-refractivity contribution in [2.45, 2.75) is 30.7 Å². The maximum absolute atomic E-state index is 13.0. The average Bonchev–Trinajstić information content (AvgIpc) is 3.19. The highest BCUT2D eigenvalue weighted by Crippen LogP contribution is 2.31. The molecule has 2 aromatic carbocycles. The molecule has 0 aliphatic carbocycles. The minimum absolute atomic E-state index is 0.124. The van der Waals surface area contributed by atoms with Crippen LogP contribution in [-0.4, -0.2) is 43.2 Å². The van der Waals surface area contributed by atoms with Crippen molar-refractivity contribution in [1.82, 2.24) is 4.31 Å². The third-order valence-electron chi connectivity index (χ3n) is 4.79. The van der Waals surface area contributed by atoms with Gasteiger partial charge in [0.05, 0.1) is 28.7 Å². The Bertz CT molecular complexity index is 1040. The number of nitrogens with one attached hydrogen (secondary N) is 1. The van der Waals surface area contributed by atoms with Crippen LogP contribution in [-0.2, 0) is 14.8 Å². The van der Waals surface area contributed by atoms with Gasteiger partial charge in [-0.25, -0.2) is 8.42 Å². The lowest BCUT2D eigenvalue weighted by atomic mass is 10.2. The van der Waals surface area contributed by atoms with Gasteiger partial charge in [0, 0.05) is 12.6 Å². The third-order valence-corrected chi connectivity index (χ3v) is 6.71. The molecule has 1 amide bonds. The number of hydrogen-bond acceptors (Lipinski definition) is 6. The van der Waals surface area contributed by atoms with E-state index in [4.69, 9.17) is 4.74 Å². The average molecular weight is 419 g/mol. The Morgan fingerprint density at radius 2 is 1.93 bits per heavy atom. The zero-order valence-electron chi connectivity index (χ0n) is 16.0. The summed E-state index contributed by atoms with van der Waals surface area (Å²) in [6, 6.07) is 9.40. The van der Waals surface area contributed by atoms with E-state index in [9.17, 15) is 23.3 Å². The molecule has 29 heavy (non-hydrogen) atoms. The van der Waals surface area contributed by atoms with Crippen LogP contribution in [0, 0.1) is 17.0 Å². The fraction of sp³-hybridized carbons (Fsp3) is 0.316. The second-order valence-corrected chi connectivity index (χ2v) is 8.61. The number of nitrogens with zero attached hydrogens (tertiary/aromatic N) is 2. The second-order valence-electron chi connectivity index (χ2n) is 6.72. The summed E-state index contributed by atoms with van der Waals surface area (Å²) in [6.45, 7) is 2.10. The van der Waals surface area contributed by atoms with Gasteiger partial charge in [0.15, 0.2) is 0 Å². The molecule has 0 radical (unpaired) electrons. The van der Waals surface area contributed by atoms with Crippen LogP contribution < -0.4 is 10.1 Å². The predicted molar refractivity (Wildman–Crippen MR) is 106 cm³/mol. The zero-order chi connectivity index (χ0) is 21.2. The number of hydrogen-bond donors (Lipinski definition) is 1. The van der Waals surface area contributed by atoms with E-state index >= 15 is 0 Å². The Kier molecular flexibility index (Phi) is 5.85. The quantitative estimate of drug-likeness (QED) is 0.568. The Hall–Kier alpha value is -2.98. The first-order chi connectivity index (χ1) is 13.7. The smallest absolute Gasteiger partial charge is 0.273 e. The molecule has 154 valence electrons. The van der Waals surface area contributed by atoms with Crippen LogP contribution >= 0.6 is 0 Å². The van der Waals surface area contributed by atoms with E-state index < -0.39 is 26.9 Å². The van der Waals surface area contributed by atoms with E-state index in [0.29, 0.717) is 12.8 Å². The summed E-state index contributed by atoms with van der Waals surface area (Å²) in [5.41, 5.74) is 0.997. The molecule has 1 unspecified atom stereocenters. The number of ether oxygens (including phenoxy) is 1. The largest absolute Gasteiger partial charge is 0.494 e. The Morgan fingerprint density at radius 1 is 1.24 bits per heavy atom. The van der Waals surface area contributed by atoms with Gasteiger partial charge >= 0.3 is 0 Å². The van der Waals surface area contributed by atoms with Crippen molar-refractivity contribution in [3.8, 4) is 5.75 Å². The van der Waals surface area contributed by atoms with Crippen molar-refractivity contribution in [2.75, 3.05) is 19.0 Å². The number of nitro benzene ring substituents is 1. The van der Waals surface area contributed by atoms with Gasteiger partial charge in [0.25, 0.3) is 5.69 Å². The van der Waals surface area contributed by atoms with E-state index in [1.165, 1.54) is 41.7 Å². The Morgan fingerprint density at radius 3 is 2.55 bits per heavy atom. The van der Waals surface area contributed by atoms with Gasteiger partial charge in [-0.15, -0.1) is 0 Å². The predicted octanol–water partition coefficient (Wildman–Crippen LogP) is 2.70. The monoisotopic (exact) mass is 419 g/mol. The molecule has 1 heterocycles. The summed E-state index contributed by atoms with van der Waals surface area (Å²) in [5, 5.41) is 13.5.